The monoisotopic (exact) mass is 218 g/mol. The minimum Gasteiger partial charge on any atom is -0.388 e. The number of rotatable bonds is 2. The lowest BCUT2D eigenvalue weighted by Gasteiger charge is -2.30. The summed E-state index contributed by atoms with van der Waals surface area (Å²) < 4.78 is 1.26. The van der Waals surface area contributed by atoms with Crippen LogP contribution in [0.5, 0.6) is 0 Å². The molecule has 1 N–H and O–H groups in total. The van der Waals surface area contributed by atoms with E-state index in [0.717, 1.165) is 5.56 Å². The van der Waals surface area contributed by atoms with E-state index in [-0.39, 0.29) is 6.10 Å². The topological polar surface area (TPSA) is 20.2 Å². The summed E-state index contributed by atoms with van der Waals surface area (Å²) in [5.74, 6) is 0.498. The van der Waals surface area contributed by atoms with E-state index in [0.29, 0.717) is 5.92 Å². The molecule has 1 aliphatic rings. The molecular formula is C13H14OS. The molecule has 0 amide bonds. The van der Waals surface area contributed by atoms with Gasteiger partial charge < -0.3 is 5.11 Å². The molecule has 1 heterocycles. The minimum absolute atomic E-state index is 0.249. The smallest absolute Gasteiger partial charge is 0.0832 e. The average Bonchev–Trinajstić information content (AvgIpc) is 2.61. The van der Waals surface area contributed by atoms with Gasteiger partial charge in [0.25, 0.3) is 0 Å². The zero-order valence-corrected chi connectivity index (χ0v) is 9.33. The molecule has 0 radical (unpaired) electrons. The van der Waals surface area contributed by atoms with Gasteiger partial charge in [0.2, 0.25) is 0 Å². The van der Waals surface area contributed by atoms with Gasteiger partial charge in [-0.1, -0.05) is 24.6 Å². The molecule has 1 atom stereocenters. The summed E-state index contributed by atoms with van der Waals surface area (Å²) in [7, 11) is 0. The Morgan fingerprint density at radius 3 is 2.87 bits per heavy atom. The van der Waals surface area contributed by atoms with E-state index in [9.17, 15) is 5.11 Å². The van der Waals surface area contributed by atoms with Gasteiger partial charge in [0.15, 0.2) is 0 Å². The van der Waals surface area contributed by atoms with Crippen LogP contribution in [0.15, 0.2) is 29.6 Å². The van der Waals surface area contributed by atoms with Gasteiger partial charge in [0.1, 0.15) is 0 Å². The number of benzene rings is 1. The molecule has 0 saturated heterocycles. The Hall–Kier alpha value is -0.860. The summed E-state index contributed by atoms with van der Waals surface area (Å²) in [4.78, 5) is 0. The van der Waals surface area contributed by atoms with Crippen molar-refractivity contribution in [3.63, 3.8) is 0 Å². The van der Waals surface area contributed by atoms with Crippen molar-refractivity contribution in [2.45, 2.75) is 25.4 Å². The number of hydrogen-bond donors (Lipinski definition) is 1. The fourth-order valence-corrected chi connectivity index (χ4v) is 3.21. The highest BCUT2D eigenvalue weighted by Crippen LogP contribution is 2.40. The van der Waals surface area contributed by atoms with Crippen molar-refractivity contribution < 1.29 is 5.11 Å². The van der Waals surface area contributed by atoms with E-state index in [1.807, 2.05) is 6.07 Å². The van der Waals surface area contributed by atoms with Crippen LogP contribution < -0.4 is 0 Å². The summed E-state index contributed by atoms with van der Waals surface area (Å²) in [6.07, 6.45) is 3.40. The lowest BCUT2D eigenvalue weighted by atomic mass is 9.79. The lowest BCUT2D eigenvalue weighted by Crippen LogP contribution is -2.19. The minimum atomic E-state index is -0.249. The second kappa shape index (κ2) is 3.62. The molecule has 2 aromatic rings. The van der Waals surface area contributed by atoms with Crippen LogP contribution in [0, 0.1) is 5.92 Å². The third-order valence-corrected chi connectivity index (χ3v) is 4.40. The molecule has 1 saturated carbocycles. The highest BCUT2D eigenvalue weighted by molar-refractivity contribution is 7.17. The van der Waals surface area contributed by atoms with Gasteiger partial charge in [0, 0.05) is 4.70 Å². The highest BCUT2D eigenvalue weighted by atomic mass is 32.1. The van der Waals surface area contributed by atoms with Crippen LogP contribution in [-0.4, -0.2) is 5.11 Å². The number of hydrogen-bond acceptors (Lipinski definition) is 2. The summed E-state index contributed by atoms with van der Waals surface area (Å²) >= 11 is 1.73. The second-order valence-electron chi connectivity index (χ2n) is 4.32. The number of thiophene rings is 1. The van der Waals surface area contributed by atoms with Gasteiger partial charge in [-0.25, -0.2) is 0 Å². The third-order valence-electron chi connectivity index (χ3n) is 3.42. The van der Waals surface area contributed by atoms with Crippen LogP contribution in [0.4, 0.5) is 0 Å². The molecule has 1 aromatic carbocycles. The molecule has 1 aliphatic carbocycles. The van der Waals surface area contributed by atoms with Crippen LogP contribution in [0.2, 0.25) is 0 Å². The summed E-state index contributed by atoms with van der Waals surface area (Å²) in [6.45, 7) is 0. The first-order valence-electron chi connectivity index (χ1n) is 5.50. The summed E-state index contributed by atoms with van der Waals surface area (Å²) in [5.41, 5.74) is 1.13. The van der Waals surface area contributed by atoms with Crippen LogP contribution in [-0.2, 0) is 0 Å². The first-order valence-corrected chi connectivity index (χ1v) is 6.38. The van der Waals surface area contributed by atoms with Crippen LogP contribution in [0.25, 0.3) is 10.1 Å². The highest BCUT2D eigenvalue weighted by Gasteiger charge is 2.27. The molecule has 15 heavy (non-hydrogen) atoms. The van der Waals surface area contributed by atoms with E-state index in [4.69, 9.17) is 0 Å². The number of aliphatic hydroxyl groups is 1. The number of aliphatic hydroxyl groups excluding tert-OH is 1. The van der Waals surface area contributed by atoms with Gasteiger partial charge >= 0.3 is 0 Å². The predicted octanol–water partition coefficient (Wildman–Crippen LogP) is 3.73. The maximum atomic E-state index is 10.3. The molecule has 0 bridgehead atoms. The molecule has 1 fully saturated rings. The predicted molar refractivity (Wildman–Crippen MR) is 64.1 cm³/mol. The fraction of sp³-hybridized carbons (Fsp3) is 0.385. The van der Waals surface area contributed by atoms with Crippen molar-refractivity contribution in [1.29, 1.82) is 0 Å². The van der Waals surface area contributed by atoms with Crippen molar-refractivity contribution in [1.82, 2.24) is 0 Å². The Morgan fingerprint density at radius 2 is 2.13 bits per heavy atom. The van der Waals surface area contributed by atoms with E-state index >= 15 is 0 Å². The Morgan fingerprint density at radius 1 is 1.27 bits per heavy atom. The third kappa shape index (κ3) is 1.48. The Bertz CT molecular complexity index is 470. The zero-order valence-electron chi connectivity index (χ0n) is 8.52. The van der Waals surface area contributed by atoms with E-state index in [1.54, 1.807) is 11.3 Å². The van der Waals surface area contributed by atoms with Crippen molar-refractivity contribution >= 4 is 21.4 Å². The molecule has 1 nitrogen and oxygen atoms in total. The molecule has 1 aromatic heterocycles. The summed E-state index contributed by atoms with van der Waals surface area (Å²) in [5, 5.41) is 13.6. The molecule has 0 spiro atoms. The fourth-order valence-electron chi connectivity index (χ4n) is 2.26. The van der Waals surface area contributed by atoms with Gasteiger partial charge in [-0.15, -0.1) is 11.3 Å². The largest absolute Gasteiger partial charge is 0.388 e. The van der Waals surface area contributed by atoms with Gasteiger partial charge in [-0.3, -0.25) is 0 Å². The van der Waals surface area contributed by atoms with Crippen LogP contribution >= 0.6 is 11.3 Å². The van der Waals surface area contributed by atoms with Crippen LogP contribution in [0.1, 0.15) is 30.9 Å². The molecule has 2 heteroatoms. The molecule has 0 aliphatic heterocycles. The van der Waals surface area contributed by atoms with E-state index < -0.39 is 0 Å². The van der Waals surface area contributed by atoms with Gasteiger partial charge in [0.05, 0.1) is 6.10 Å². The van der Waals surface area contributed by atoms with E-state index in [2.05, 4.69) is 23.6 Å². The Kier molecular flexibility index (Phi) is 2.26. The normalized spacial score (nSPS) is 19.0. The average molecular weight is 218 g/mol. The SMILES string of the molecule is OC(c1cccc2ccsc12)C1CCC1. The molecular weight excluding hydrogens is 204 g/mol. The first kappa shape index (κ1) is 9.37. The lowest BCUT2D eigenvalue weighted by molar-refractivity contribution is 0.0634. The summed E-state index contributed by atoms with van der Waals surface area (Å²) in [6, 6.07) is 8.36. The van der Waals surface area contributed by atoms with Gasteiger partial charge in [-0.2, -0.15) is 0 Å². The standard InChI is InChI=1S/C13H14OS/c14-12(9-3-1-4-9)11-6-2-5-10-7-8-15-13(10)11/h2,5-9,12,14H,1,3-4H2. The van der Waals surface area contributed by atoms with Crippen molar-refractivity contribution in [3.8, 4) is 0 Å². The van der Waals surface area contributed by atoms with E-state index in [1.165, 1.54) is 29.3 Å². The first-order chi connectivity index (χ1) is 7.36. The quantitative estimate of drug-likeness (QED) is 0.814. The molecule has 3 rings (SSSR count). The van der Waals surface area contributed by atoms with Crippen molar-refractivity contribution in [3.05, 3.63) is 35.2 Å². The Labute approximate surface area is 93.4 Å². The zero-order chi connectivity index (χ0) is 10.3. The Balaban J connectivity index is 2.05. The second-order valence-corrected chi connectivity index (χ2v) is 5.24. The number of fused-ring (bicyclic) bond motifs is 1. The van der Waals surface area contributed by atoms with Gasteiger partial charge in [-0.05, 0) is 41.2 Å². The van der Waals surface area contributed by atoms with Crippen LogP contribution in [0.3, 0.4) is 0 Å². The molecule has 78 valence electrons. The van der Waals surface area contributed by atoms with Crippen molar-refractivity contribution in [2.24, 2.45) is 5.92 Å². The maximum absolute atomic E-state index is 10.3. The molecule has 1 unspecified atom stereocenters. The maximum Gasteiger partial charge on any atom is 0.0832 e. The van der Waals surface area contributed by atoms with Crippen molar-refractivity contribution in [2.75, 3.05) is 0 Å².